The fraction of sp³-hybridized carbons (Fsp3) is 0.303. The summed E-state index contributed by atoms with van der Waals surface area (Å²) in [7, 11) is 0. The molecular weight excluding hydrogens is 569 g/mol. The van der Waals surface area contributed by atoms with E-state index < -0.39 is 0 Å². The maximum absolute atomic E-state index is 14.2. The van der Waals surface area contributed by atoms with Gasteiger partial charge in [-0.05, 0) is 18.1 Å². The van der Waals surface area contributed by atoms with E-state index in [2.05, 4.69) is 29.3 Å². The van der Waals surface area contributed by atoms with E-state index >= 15 is 0 Å². The highest BCUT2D eigenvalue weighted by molar-refractivity contribution is 6.09. The number of piperazine rings is 1. The predicted octanol–water partition coefficient (Wildman–Crippen LogP) is 5.62. The van der Waals surface area contributed by atoms with Gasteiger partial charge in [0.1, 0.15) is 0 Å². The maximum Gasteiger partial charge on any atom is 0.252 e. The van der Waals surface area contributed by atoms with Gasteiger partial charge in [0.25, 0.3) is 5.91 Å². The number of benzene rings is 3. The lowest BCUT2D eigenvalue weighted by atomic mass is 9.94. The molecule has 1 aromatic heterocycles. The number of hydrogen-bond donors (Lipinski definition) is 2. The van der Waals surface area contributed by atoms with Gasteiger partial charge in [0, 0.05) is 62.2 Å². The minimum absolute atomic E-state index is 0. The predicted molar refractivity (Wildman–Crippen MR) is 174 cm³/mol. The average Bonchev–Trinajstić information content (AvgIpc) is 3.00. The first-order valence-electron chi connectivity index (χ1n) is 14.1. The summed E-state index contributed by atoms with van der Waals surface area (Å²) >= 11 is 0. The second-order valence-corrected chi connectivity index (χ2v) is 10.2. The van der Waals surface area contributed by atoms with Crippen LogP contribution in [0.5, 0.6) is 0 Å². The Morgan fingerprint density at radius 2 is 1.50 bits per heavy atom. The van der Waals surface area contributed by atoms with Gasteiger partial charge < -0.3 is 16.0 Å². The number of nitrogens with two attached hydrogens (primary N) is 1. The smallest absolute Gasteiger partial charge is 0.252 e. The second kappa shape index (κ2) is 15.7. The Morgan fingerprint density at radius 1 is 0.881 bits per heavy atom. The first-order chi connectivity index (χ1) is 19.6. The molecule has 7 nitrogen and oxygen atoms in total. The van der Waals surface area contributed by atoms with Crippen molar-refractivity contribution in [3.05, 3.63) is 102 Å². The zero-order chi connectivity index (χ0) is 27.9. The number of rotatable bonds is 9. The molecule has 42 heavy (non-hydrogen) atoms. The van der Waals surface area contributed by atoms with Gasteiger partial charge in [-0.25, -0.2) is 4.98 Å². The van der Waals surface area contributed by atoms with E-state index in [0.29, 0.717) is 38.2 Å². The summed E-state index contributed by atoms with van der Waals surface area (Å²) in [5.41, 5.74) is 10.9. The molecule has 222 valence electrons. The van der Waals surface area contributed by atoms with Gasteiger partial charge in [-0.2, -0.15) is 0 Å². The molecule has 2 heterocycles. The largest absolute Gasteiger partial charge is 0.345 e. The second-order valence-electron chi connectivity index (χ2n) is 10.2. The molecule has 1 saturated heterocycles. The van der Waals surface area contributed by atoms with Crippen LogP contribution in [0.15, 0.2) is 84.9 Å². The van der Waals surface area contributed by atoms with Crippen LogP contribution in [-0.2, 0) is 11.3 Å². The molecule has 2 amide bonds. The normalized spacial score (nSPS) is 14.0. The number of para-hydroxylation sites is 1. The molecule has 4 aromatic rings. The highest BCUT2D eigenvalue weighted by atomic mass is 35.5. The third-order valence-corrected chi connectivity index (χ3v) is 7.65. The van der Waals surface area contributed by atoms with Crippen LogP contribution < -0.4 is 11.1 Å². The summed E-state index contributed by atoms with van der Waals surface area (Å²) in [4.78, 5) is 35.9. The Morgan fingerprint density at radius 3 is 2.14 bits per heavy atom. The van der Waals surface area contributed by atoms with Crippen LogP contribution >= 0.6 is 24.8 Å². The molecule has 0 aliphatic carbocycles. The first-order valence-corrected chi connectivity index (χ1v) is 14.1. The number of hydrogen-bond acceptors (Lipinski definition) is 5. The van der Waals surface area contributed by atoms with Crippen molar-refractivity contribution in [3.63, 3.8) is 0 Å². The lowest BCUT2D eigenvalue weighted by Crippen LogP contribution is -2.48. The lowest BCUT2D eigenvalue weighted by molar-refractivity contribution is -0.132. The van der Waals surface area contributed by atoms with Crippen molar-refractivity contribution in [1.29, 1.82) is 0 Å². The molecule has 1 aliphatic rings. The molecule has 0 bridgehead atoms. The summed E-state index contributed by atoms with van der Waals surface area (Å²) < 4.78 is 0. The number of pyridine rings is 1. The van der Waals surface area contributed by atoms with Gasteiger partial charge in [-0.15, -0.1) is 24.8 Å². The van der Waals surface area contributed by atoms with Crippen molar-refractivity contribution in [3.8, 4) is 11.3 Å². The molecule has 0 radical (unpaired) electrons. The average molecular weight is 609 g/mol. The van der Waals surface area contributed by atoms with E-state index in [0.717, 1.165) is 52.8 Å². The molecular formula is C33H39Cl2N5O2. The van der Waals surface area contributed by atoms with Crippen molar-refractivity contribution in [2.75, 3.05) is 32.7 Å². The summed E-state index contributed by atoms with van der Waals surface area (Å²) in [6.45, 7) is 5.75. The molecule has 1 fully saturated rings. The van der Waals surface area contributed by atoms with Crippen LogP contribution in [0.3, 0.4) is 0 Å². The van der Waals surface area contributed by atoms with E-state index in [9.17, 15) is 9.59 Å². The van der Waals surface area contributed by atoms with Crippen LogP contribution in [-0.4, -0.2) is 59.3 Å². The molecule has 0 spiro atoms. The molecule has 3 N–H and O–H groups in total. The number of fused-ring (bicyclic) bond motifs is 1. The number of nitrogens with zero attached hydrogens (tertiary/aromatic N) is 3. The van der Waals surface area contributed by atoms with Gasteiger partial charge in [0.05, 0.1) is 22.8 Å². The molecule has 1 atom stereocenters. The number of amides is 2. The van der Waals surface area contributed by atoms with Gasteiger partial charge in [0.2, 0.25) is 5.91 Å². The van der Waals surface area contributed by atoms with Gasteiger partial charge in [-0.1, -0.05) is 85.8 Å². The van der Waals surface area contributed by atoms with E-state index in [4.69, 9.17) is 10.7 Å². The Kier molecular flexibility index (Phi) is 12.3. The maximum atomic E-state index is 14.2. The van der Waals surface area contributed by atoms with Gasteiger partial charge >= 0.3 is 0 Å². The van der Waals surface area contributed by atoms with E-state index in [-0.39, 0.29) is 42.7 Å². The molecule has 3 aromatic carbocycles. The lowest BCUT2D eigenvalue weighted by Gasteiger charge is -2.35. The van der Waals surface area contributed by atoms with Crippen LogP contribution in [0.25, 0.3) is 22.2 Å². The van der Waals surface area contributed by atoms with Crippen molar-refractivity contribution in [2.24, 2.45) is 5.73 Å². The minimum Gasteiger partial charge on any atom is -0.345 e. The SMILES string of the molecule is CC[C@H](NC(=O)c1c(CN2CCN(C(=O)CCN)CC2)c(-c2ccccc2)nc2ccccc12)c1ccccc1.Cl.Cl. The monoisotopic (exact) mass is 607 g/mol. The van der Waals surface area contributed by atoms with Gasteiger partial charge in [-0.3, -0.25) is 14.5 Å². The third kappa shape index (κ3) is 7.47. The Hall–Kier alpha value is -3.49. The third-order valence-electron chi connectivity index (χ3n) is 7.65. The number of nitrogens with one attached hydrogen (secondary N) is 1. The van der Waals surface area contributed by atoms with Crippen molar-refractivity contribution in [1.82, 2.24) is 20.1 Å². The summed E-state index contributed by atoms with van der Waals surface area (Å²) in [5, 5.41) is 4.18. The van der Waals surface area contributed by atoms with Crippen LogP contribution in [0.1, 0.15) is 47.3 Å². The molecule has 1 aliphatic heterocycles. The quantitative estimate of drug-likeness (QED) is 0.258. The van der Waals surface area contributed by atoms with E-state index in [1.54, 1.807) is 0 Å². The van der Waals surface area contributed by atoms with Crippen LogP contribution in [0.2, 0.25) is 0 Å². The van der Waals surface area contributed by atoms with Crippen molar-refractivity contribution < 1.29 is 9.59 Å². The first kappa shape index (κ1) is 33.0. The standard InChI is InChI=1S/C33H37N5O2.2ClH/c1-2-28(24-11-5-3-6-12-24)36-33(40)31-26-15-9-10-16-29(26)35-32(25-13-7-4-8-14-25)27(31)23-37-19-21-38(22-20-37)30(39)17-18-34;;/h3-16,28H,2,17-23,34H2,1H3,(H,36,40);2*1H/t28-;;/m0../s1. The highest BCUT2D eigenvalue weighted by Gasteiger charge is 2.27. The Labute approximate surface area is 260 Å². The number of aromatic nitrogens is 1. The fourth-order valence-electron chi connectivity index (χ4n) is 5.50. The zero-order valence-corrected chi connectivity index (χ0v) is 25.5. The molecule has 5 rings (SSSR count). The van der Waals surface area contributed by atoms with Crippen molar-refractivity contribution in [2.45, 2.75) is 32.4 Å². The zero-order valence-electron chi connectivity index (χ0n) is 23.9. The summed E-state index contributed by atoms with van der Waals surface area (Å²) in [5.74, 6) is 0.00401. The minimum atomic E-state index is -0.106. The number of carbonyl (C=O) groups is 2. The molecule has 9 heteroatoms. The summed E-state index contributed by atoms with van der Waals surface area (Å²) in [6, 6.07) is 28.0. The fourth-order valence-corrected chi connectivity index (χ4v) is 5.50. The molecule has 0 saturated carbocycles. The Bertz CT molecular complexity index is 1460. The van der Waals surface area contributed by atoms with E-state index in [1.165, 1.54) is 0 Å². The number of carbonyl (C=O) groups excluding carboxylic acids is 2. The van der Waals surface area contributed by atoms with Crippen LogP contribution in [0.4, 0.5) is 0 Å². The highest BCUT2D eigenvalue weighted by Crippen LogP contribution is 2.32. The van der Waals surface area contributed by atoms with Gasteiger partial charge in [0.15, 0.2) is 0 Å². The molecule has 0 unspecified atom stereocenters. The van der Waals surface area contributed by atoms with Crippen LogP contribution in [0, 0.1) is 0 Å². The Balaban J connectivity index is 0.00000242. The van der Waals surface area contributed by atoms with E-state index in [1.807, 2.05) is 77.7 Å². The summed E-state index contributed by atoms with van der Waals surface area (Å²) in [6.07, 6.45) is 1.15. The number of halogens is 2. The van der Waals surface area contributed by atoms with Crippen molar-refractivity contribution >= 4 is 47.5 Å². The topological polar surface area (TPSA) is 91.6 Å².